The van der Waals surface area contributed by atoms with Crippen LogP contribution in [0.2, 0.25) is 0 Å². The van der Waals surface area contributed by atoms with Crippen molar-refractivity contribution in [3.05, 3.63) is 17.7 Å². The van der Waals surface area contributed by atoms with E-state index in [0.717, 1.165) is 29.9 Å². The minimum Gasteiger partial charge on any atom is -0.493 e. The summed E-state index contributed by atoms with van der Waals surface area (Å²) in [5.41, 5.74) is 1.10. The van der Waals surface area contributed by atoms with Crippen molar-refractivity contribution >= 4 is 0 Å². The molecule has 1 aromatic rings. The SMILES string of the molecule is CNC1CC(Oc2c(OC)cc(C)cc2OC)C1. The first-order valence-corrected chi connectivity index (χ1v) is 6.24. The Kier molecular flexibility index (Phi) is 3.97. The van der Waals surface area contributed by atoms with Crippen LogP contribution < -0.4 is 19.5 Å². The Labute approximate surface area is 108 Å². The summed E-state index contributed by atoms with van der Waals surface area (Å²) in [6.07, 6.45) is 2.29. The number of hydrogen-bond acceptors (Lipinski definition) is 4. The van der Waals surface area contributed by atoms with Crippen molar-refractivity contribution in [1.29, 1.82) is 0 Å². The lowest BCUT2D eigenvalue weighted by Crippen LogP contribution is -2.45. The van der Waals surface area contributed by atoms with Crippen molar-refractivity contribution in [1.82, 2.24) is 5.32 Å². The average Bonchev–Trinajstić information content (AvgIpc) is 2.33. The Bertz CT molecular complexity index is 388. The van der Waals surface area contributed by atoms with Gasteiger partial charge in [-0.3, -0.25) is 0 Å². The highest BCUT2D eigenvalue weighted by Gasteiger charge is 2.31. The highest BCUT2D eigenvalue weighted by atomic mass is 16.5. The van der Waals surface area contributed by atoms with Gasteiger partial charge in [-0.15, -0.1) is 0 Å². The van der Waals surface area contributed by atoms with Gasteiger partial charge in [-0.2, -0.15) is 0 Å². The van der Waals surface area contributed by atoms with Crippen LogP contribution in [0.1, 0.15) is 18.4 Å². The summed E-state index contributed by atoms with van der Waals surface area (Å²) in [5.74, 6) is 2.18. The third kappa shape index (κ3) is 2.53. The fourth-order valence-electron chi connectivity index (χ4n) is 2.19. The van der Waals surface area contributed by atoms with Crippen LogP contribution in [0, 0.1) is 6.92 Å². The van der Waals surface area contributed by atoms with E-state index in [1.807, 2.05) is 26.1 Å². The topological polar surface area (TPSA) is 39.7 Å². The molecule has 0 spiro atoms. The molecular formula is C14H21NO3. The van der Waals surface area contributed by atoms with E-state index in [0.29, 0.717) is 11.8 Å². The molecule has 0 unspecified atom stereocenters. The smallest absolute Gasteiger partial charge is 0.203 e. The van der Waals surface area contributed by atoms with Crippen molar-refractivity contribution in [2.45, 2.75) is 31.9 Å². The van der Waals surface area contributed by atoms with Crippen molar-refractivity contribution in [3.8, 4) is 17.2 Å². The predicted octanol–water partition coefficient (Wildman–Crippen LogP) is 2.14. The Hall–Kier alpha value is -1.42. The number of aryl methyl sites for hydroxylation is 1. The van der Waals surface area contributed by atoms with Crippen molar-refractivity contribution in [2.24, 2.45) is 0 Å². The molecule has 0 amide bonds. The minimum absolute atomic E-state index is 0.243. The zero-order valence-corrected chi connectivity index (χ0v) is 11.4. The highest BCUT2D eigenvalue weighted by molar-refractivity contribution is 5.53. The Balaban J connectivity index is 2.15. The minimum atomic E-state index is 0.243. The van der Waals surface area contributed by atoms with Crippen LogP contribution in [0.15, 0.2) is 12.1 Å². The van der Waals surface area contributed by atoms with Crippen LogP contribution in [0.4, 0.5) is 0 Å². The third-order valence-corrected chi connectivity index (χ3v) is 3.39. The van der Waals surface area contributed by atoms with Gasteiger partial charge in [-0.25, -0.2) is 0 Å². The first-order chi connectivity index (χ1) is 8.67. The monoisotopic (exact) mass is 251 g/mol. The zero-order chi connectivity index (χ0) is 13.1. The first kappa shape index (κ1) is 13.0. The van der Waals surface area contributed by atoms with E-state index >= 15 is 0 Å². The lowest BCUT2D eigenvalue weighted by atomic mass is 9.89. The summed E-state index contributed by atoms with van der Waals surface area (Å²) in [4.78, 5) is 0. The normalized spacial score (nSPS) is 22.2. The Morgan fingerprint density at radius 2 is 1.67 bits per heavy atom. The van der Waals surface area contributed by atoms with Crippen molar-refractivity contribution in [3.63, 3.8) is 0 Å². The van der Waals surface area contributed by atoms with Gasteiger partial charge < -0.3 is 19.5 Å². The summed E-state index contributed by atoms with van der Waals surface area (Å²) >= 11 is 0. The van der Waals surface area contributed by atoms with Gasteiger partial charge in [0.25, 0.3) is 0 Å². The second-order valence-corrected chi connectivity index (χ2v) is 4.70. The van der Waals surface area contributed by atoms with E-state index < -0.39 is 0 Å². The van der Waals surface area contributed by atoms with E-state index in [9.17, 15) is 0 Å². The van der Waals surface area contributed by atoms with Gasteiger partial charge in [0, 0.05) is 6.04 Å². The first-order valence-electron chi connectivity index (χ1n) is 6.24. The summed E-state index contributed by atoms with van der Waals surface area (Å²) in [6, 6.07) is 4.50. The standard InChI is InChI=1S/C14H21NO3/c1-9-5-12(16-3)14(13(6-9)17-4)18-11-7-10(8-11)15-2/h5-6,10-11,15H,7-8H2,1-4H3. The Morgan fingerprint density at radius 3 is 2.11 bits per heavy atom. The molecule has 0 radical (unpaired) electrons. The molecule has 1 fully saturated rings. The number of nitrogens with one attached hydrogen (secondary N) is 1. The quantitative estimate of drug-likeness (QED) is 0.870. The maximum Gasteiger partial charge on any atom is 0.203 e. The molecule has 1 aromatic carbocycles. The van der Waals surface area contributed by atoms with Gasteiger partial charge in [0.05, 0.1) is 14.2 Å². The molecule has 0 bridgehead atoms. The van der Waals surface area contributed by atoms with Gasteiger partial charge in [0.2, 0.25) is 5.75 Å². The molecule has 4 heteroatoms. The van der Waals surface area contributed by atoms with Crippen LogP contribution in [0.3, 0.4) is 0 Å². The molecule has 1 N–H and O–H groups in total. The number of methoxy groups -OCH3 is 2. The van der Waals surface area contributed by atoms with Crippen LogP contribution in [-0.2, 0) is 0 Å². The molecule has 4 nitrogen and oxygen atoms in total. The largest absolute Gasteiger partial charge is 0.493 e. The fourth-order valence-corrected chi connectivity index (χ4v) is 2.19. The summed E-state index contributed by atoms with van der Waals surface area (Å²) in [7, 11) is 5.28. The molecule has 2 rings (SSSR count). The second kappa shape index (κ2) is 5.48. The van der Waals surface area contributed by atoms with Crippen LogP contribution >= 0.6 is 0 Å². The lowest BCUT2D eigenvalue weighted by Gasteiger charge is -2.35. The maximum atomic E-state index is 5.99. The average molecular weight is 251 g/mol. The summed E-state index contributed by atoms with van der Waals surface area (Å²) < 4.78 is 16.7. The molecular weight excluding hydrogens is 230 g/mol. The number of hydrogen-bond donors (Lipinski definition) is 1. The van der Waals surface area contributed by atoms with Gasteiger partial charge in [0.15, 0.2) is 11.5 Å². The van der Waals surface area contributed by atoms with Crippen molar-refractivity contribution in [2.75, 3.05) is 21.3 Å². The van der Waals surface area contributed by atoms with E-state index in [1.165, 1.54) is 0 Å². The van der Waals surface area contributed by atoms with Crippen LogP contribution in [0.25, 0.3) is 0 Å². The third-order valence-electron chi connectivity index (χ3n) is 3.39. The summed E-state index contributed by atoms with van der Waals surface area (Å²) in [5, 5.41) is 3.24. The molecule has 0 saturated heterocycles. The predicted molar refractivity (Wildman–Crippen MR) is 70.8 cm³/mol. The van der Waals surface area contributed by atoms with E-state index in [1.54, 1.807) is 14.2 Å². The molecule has 1 aliphatic carbocycles. The molecule has 1 saturated carbocycles. The van der Waals surface area contributed by atoms with E-state index in [-0.39, 0.29) is 6.10 Å². The molecule has 100 valence electrons. The molecule has 0 aromatic heterocycles. The van der Waals surface area contributed by atoms with Crippen LogP contribution in [0.5, 0.6) is 17.2 Å². The number of rotatable bonds is 5. The van der Waals surface area contributed by atoms with E-state index in [2.05, 4.69) is 5.32 Å². The van der Waals surface area contributed by atoms with Gasteiger partial charge in [-0.1, -0.05) is 0 Å². The maximum absolute atomic E-state index is 5.99. The van der Waals surface area contributed by atoms with Crippen LogP contribution in [-0.4, -0.2) is 33.4 Å². The van der Waals surface area contributed by atoms with E-state index in [4.69, 9.17) is 14.2 Å². The lowest BCUT2D eigenvalue weighted by molar-refractivity contribution is 0.0821. The molecule has 0 atom stereocenters. The molecule has 0 heterocycles. The number of benzene rings is 1. The summed E-state index contributed by atoms with van der Waals surface area (Å²) in [6.45, 7) is 2.01. The van der Waals surface area contributed by atoms with Crippen molar-refractivity contribution < 1.29 is 14.2 Å². The van der Waals surface area contributed by atoms with Gasteiger partial charge in [-0.05, 0) is 44.5 Å². The zero-order valence-electron chi connectivity index (χ0n) is 11.4. The van der Waals surface area contributed by atoms with Gasteiger partial charge in [0.1, 0.15) is 6.10 Å². The Morgan fingerprint density at radius 1 is 1.11 bits per heavy atom. The fraction of sp³-hybridized carbons (Fsp3) is 0.571. The van der Waals surface area contributed by atoms with Gasteiger partial charge >= 0.3 is 0 Å². The number of ether oxygens (including phenoxy) is 3. The molecule has 1 aliphatic rings. The second-order valence-electron chi connectivity index (χ2n) is 4.70. The highest BCUT2D eigenvalue weighted by Crippen LogP contribution is 2.41. The molecule has 18 heavy (non-hydrogen) atoms. The molecule has 0 aliphatic heterocycles.